The van der Waals surface area contributed by atoms with Crippen LogP contribution in [0.1, 0.15) is 28.4 Å². The zero-order valence-electron chi connectivity index (χ0n) is 16.1. The van der Waals surface area contributed by atoms with Gasteiger partial charge in [-0.2, -0.15) is 5.26 Å². The molecule has 0 bridgehead atoms. The average Bonchev–Trinajstić information content (AvgIpc) is 2.70. The first-order valence-electron chi connectivity index (χ1n) is 9.01. The van der Waals surface area contributed by atoms with Gasteiger partial charge in [0.15, 0.2) is 5.78 Å². The molecule has 0 amide bonds. The summed E-state index contributed by atoms with van der Waals surface area (Å²) in [6, 6.07) is 15.6. The normalized spacial score (nSPS) is 11.2. The lowest BCUT2D eigenvalue weighted by Crippen LogP contribution is -2.30. The number of Topliss-reactive ketones (excluding diaryl/α,β-unsaturated/α-hetero) is 1. The third-order valence-corrected chi connectivity index (χ3v) is 5.92. The topological polar surface area (TPSA) is 113 Å². The number of ketones is 1. The first-order chi connectivity index (χ1) is 13.8. The monoisotopic (exact) mass is 409 g/mol. The zero-order chi connectivity index (χ0) is 21.0. The summed E-state index contributed by atoms with van der Waals surface area (Å²) in [5.74, 6) is 0.412. The summed E-state index contributed by atoms with van der Waals surface area (Å²) in [6.45, 7) is 3.82. The third-order valence-electron chi connectivity index (χ3n) is 4.45. The molecule has 0 aliphatic rings. The molecule has 3 rings (SSSR count). The van der Waals surface area contributed by atoms with E-state index >= 15 is 0 Å². The molecule has 148 valence electrons. The van der Waals surface area contributed by atoms with Crippen LogP contribution in [0.25, 0.3) is 10.9 Å². The van der Waals surface area contributed by atoms with Crippen LogP contribution >= 0.6 is 0 Å². The molecule has 0 saturated heterocycles. The van der Waals surface area contributed by atoms with Gasteiger partial charge in [0.25, 0.3) is 5.82 Å². The summed E-state index contributed by atoms with van der Waals surface area (Å²) >= 11 is 0. The van der Waals surface area contributed by atoms with E-state index < -0.39 is 10.0 Å². The van der Waals surface area contributed by atoms with Crippen molar-refractivity contribution in [3.05, 3.63) is 65.2 Å². The molecule has 0 saturated carbocycles. The minimum Gasteiger partial charge on any atom is -0.295 e. The lowest BCUT2D eigenvalue weighted by molar-refractivity contribution is -0.327. The van der Waals surface area contributed by atoms with Crippen LogP contribution in [0.3, 0.4) is 0 Å². The van der Waals surface area contributed by atoms with E-state index in [1.54, 1.807) is 6.07 Å². The molecule has 7 nitrogen and oxygen atoms in total. The Morgan fingerprint density at radius 1 is 1.10 bits per heavy atom. The number of aromatic nitrogens is 1. The number of hydrogen-bond donors (Lipinski definition) is 2. The van der Waals surface area contributed by atoms with Crippen LogP contribution in [-0.2, 0) is 10.0 Å². The van der Waals surface area contributed by atoms with Crippen molar-refractivity contribution < 1.29 is 18.2 Å². The van der Waals surface area contributed by atoms with E-state index in [-0.39, 0.29) is 23.8 Å². The Kier molecular flexibility index (Phi) is 5.92. The van der Waals surface area contributed by atoms with Crippen molar-refractivity contribution in [1.82, 2.24) is 4.72 Å². The number of nitrogens with zero attached hydrogens (tertiary/aromatic N) is 1. The number of aromatic amines is 1. The molecule has 29 heavy (non-hydrogen) atoms. The van der Waals surface area contributed by atoms with E-state index in [1.807, 2.05) is 25.1 Å². The van der Waals surface area contributed by atoms with E-state index in [0.717, 1.165) is 16.5 Å². The minimum absolute atomic E-state index is 0.0906. The summed E-state index contributed by atoms with van der Waals surface area (Å²) in [7, 11) is -3.69. The van der Waals surface area contributed by atoms with E-state index in [2.05, 4.69) is 21.1 Å². The molecule has 2 aromatic carbocycles. The van der Waals surface area contributed by atoms with E-state index in [4.69, 9.17) is 0 Å². The molecule has 0 aliphatic carbocycles. The van der Waals surface area contributed by atoms with Gasteiger partial charge in [-0.1, -0.05) is 23.8 Å². The number of rotatable bonds is 7. The van der Waals surface area contributed by atoms with Crippen LogP contribution in [-0.4, -0.2) is 27.3 Å². The molecule has 0 radical (unpaired) electrons. The van der Waals surface area contributed by atoms with Crippen LogP contribution in [0.2, 0.25) is 0 Å². The van der Waals surface area contributed by atoms with Gasteiger partial charge >= 0.3 is 0 Å². The first-order valence-corrected chi connectivity index (χ1v) is 10.5. The van der Waals surface area contributed by atoms with Gasteiger partial charge in [-0.3, -0.25) is 10.1 Å². The van der Waals surface area contributed by atoms with Crippen molar-refractivity contribution in [2.45, 2.75) is 18.7 Å². The third kappa shape index (κ3) is 4.77. The summed E-state index contributed by atoms with van der Waals surface area (Å²) in [5.41, 5.74) is 2.88. The maximum Gasteiger partial charge on any atom is 0.290 e. The van der Waals surface area contributed by atoms with Crippen LogP contribution in [0, 0.1) is 18.3 Å². The molecule has 0 atom stereocenters. The number of sulfonamides is 1. The quantitative estimate of drug-likeness (QED) is 0.460. The van der Waals surface area contributed by atoms with Crippen LogP contribution in [0.4, 0.5) is 5.82 Å². The number of hydrogen-bond acceptors (Lipinski definition) is 5. The number of nitriles is 1. The lowest BCUT2D eigenvalue weighted by Gasteiger charge is -2.07. The maximum absolute atomic E-state index is 12.4. The Morgan fingerprint density at radius 2 is 1.83 bits per heavy atom. The van der Waals surface area contributed by atoms with Gasteiger partial charge in [0.2, 0.25) is 10.0 Å². The highest BCUT2D eigenvalue weighted by Gasteiger charge is 2.16. The number of benzene rings is 2. The van der Waals surface area contributed by atoms with Crippen molar-refractivity contribution in [2.75, 3.05) is 18.4 Å². The van der Waals surface area contributed by atoms with Gasteiger partial charge < -0.3 is 0 Å². The molecule has 0 fully saturated rings. The van der Waals surface area contributed by atoms with E-state index in [9.17, 15) is 18.5 Å². The van der Waals surface area contributed by atoms with Crippen molar-refractivity contribution in [1.29, 1.82) is 5.26 Å². The lowest BCUT2D eigenvalue weighted by atomic mass is 10.1. The van der Waals surface area contributed by atoms with Gasteiger partial charge in [0.05, 0.1) is 11.4 Å². The molecular weight excluding hydrogens is 388 g/mol. The number of nitrogens with one attached hydrogen (secondary N) is 3. The second-order valence-corrected chi connectivity index (χ2v) is 8.43. The van der Waals surface area contributed by atoms with E-state index in [0.29, 0.717) is 16.9 Å². The average molecular weight is 409 g/mol. The zero-order valence-corrected chi connectivity index (χ0v) is 16.9. The van der Waals surface area contributed by atoms with Gasteiger partial charge in [-0.05, 0) is 44.2 Å². The van der Waals surface area contributed by atoms with Crippen molar-refractivity contribution in [2.24, 2.45) is 0 Å². The maximum atomic E-state index is 12.4. The molecule has 3 N–H and O–H groups in total. The fraction of sp³-hybridized carbons (Fsp3) is 0.190. The molecule has 8 heteroatoms. The summed E-state index contributed by atoms with van der Waals surface area (Å²) in [4.78, 5) is 14.6. The second-order valence-electron chi connectivity index (χ2n) is 6.67. The highest BCUT2D eigenvalue weighted by atomic mass is 32.2. The Labute approximate surface area is 169 Å². The van der Waals surface area contributed by atoms with Gasteiger partial charge in [0, 0.05) is 17.5 Å². The Balaban J connectivity index is 1.66. The number of fused-ring (bicyclic) bond motifs is 1. The summed E-state index contributed by atoms with van der Waals surface area (Å²) in [6.07, 6.45) is 0. The largest absolute Gasteiger partial charge is 0.295 e. The van der Waals surface area contributed by atoms with Crippen LogP contribution in [0.15, 0.2) is 53.4 Å². The fourth-order valence-electron chi connectivity index (χ4n) is 2.90. The predicted molar refractivity (Wildman–Crippen MR) is 110 cm³/mol. The predicted octanol–water partition coefficient (Wildman–Crippen LogP) is 2.43. The van der Waals surface area contributed by atoms with Crippen molar-refractivity contribution in [3.63, 3.8) is 0 Å². The minimum atomic E-state index is -3.69. The van der Waals surface area contributed by atoms with Gasteiger partial charge in [0.1, 0.15) is 17.1 Å². The molecule has 0 spiro atoms. The molecule has 0 aliphatic heterocycles. The van der Waals surface area contributed by atoms with Crippen LogP contribution in [0.5, 0.6) is 0 Å². The fourth-order valence-corrected chi connectivity index (χ4v) is 3.93. The van der Waals surface area contributed by atoms with Gasteiger partial charge in [-0.15, -0.1) is 0 Å². The first kappa shape index (κ1) is 20.5. The second kappa shape index (κ2) is 8.39. The smallest absolute Gasteiger partial charge is 0.290 e. The standard InChI is InChI=1S/C21H20N4O3S/c1-14-3-8-20-17(11-14)12-18(13-22)21(25-20)23-9-10-24-29(27,28)19-6-4-16(5-7-19)15(2)26/h3-8,11-12,24H,9-10H2,1-2H3,(H,23,25)/p+1. The van der Waals surface area contributed by atoms with Gasteiger partial charge in [-0.25, -0.2) is 18.1 Å². The number of carbonyl (C=O) groups excluding carboxylic acids is 1. The highest BCUT2D eigenvalue weighted by Crippen LogP contribution is 2.17. The van der Waals surface area contributed by atoms with Crippen molar-refractivity contribution >= 4 is 32.5 Å². The Hall–Kier alpha value is -3.28. The highest BCUT2D eigenvalue weighted by molar-refractivity contribution is 7.89. The number of anilines is 1. The number of aryl methyl sites for hydroxylation is 1. The molecule has 1 aromatic heterocycles. The summed E-state index contributed by atoms with van der Waals surface area (Å²) < 4.78 is 27.2. The Morgan fingerprint density at radius 3 is 2.48 bits per heavy atom. The summed E-state index contributed by atoms with van der Waals surface area (Å²) in [5, 5.41) is 13.4. The SMILES string of the molecule is CC(=O)c1ccc(S(=O)(=O)NCCNc2[nH+]c3ccc(C)cc3cc2C#N)cc1. The number of carbonyl (C=O) groups is 1. The van der Waals surface area contributed by atoms with Crippen LogP contribution < -0.4 is 15.0 Å². The number of pyridine rings is 1. The van der Waals surface area contributed by atoms with E-state index in [1.165, 1.54) is 31.2 Å². The molecular formula is C21H21N4O3S+. The van der Waals surface area contributed by atoms with Crippen molar-refractivity contribution in [3.8, 4) is 6.07 Å². The molecule has 0 unspecified atom stereocenters. The number of H-pyrrole nitrogens is 1. The molecule has 1 heterocycles. The molecule has 3 aromatic rings. The Bertz CT molecular complexity index is 1210.